The Labute approximate surface area is 137 Å². The molecule has 116 valence electrons. The third-order valence-corrected chi connectivity index (χ3v) is 4.57. The first-order valence-corrected chi connectivity index (χ1v) is 7.77. The summed E-state index contributed by atoms with van der Waals surface area (Å²) in [6, 6.07) is 5.36. The van der Waals surface area contributed by atoms with E-state index >= 15 is 0 Å². The summed E-state index contributed by atoms with van der Waals surface area (Å²) in [6.07, 6.45) is 4.04. The number of aromatic amines is 1. The normalized spacial score (nSPS) is 17.3. The summed E-state index contributed by atoms with van der Waals surface area (Å²) in [6.45, 7) is 2.59. The van der Waals surface area contributed by atoms with Gasteiger partial charge >= 0.3 is 0 Å². The van der Waals surface area contributed by atoms with E-state index in [-0.39, 0.29) is 11.9 Å². The molecule has 0 fully saturated rings. The predicted octanol–water partition coefficient (Wildman–Crippen LogP) is 2.77. The number of halogens is 1. The molecule has 1 atom stereocenters. The molecule has 0 aliphatic carbocycles. The Morgan fingerprint density at radius 2 is 2.30 bits per heavy atom. The molecule has 0 saturated heterocycles. The van der Waals surface area contributed by atoms with Crippen LogP contribution in [0.5, 0.6) is 0 Å². The van der Waals surface area contributed by atoms with Gasteiger partial charge in [-0.2, -0.15) is 0 Å². The summed E-state index contributed by atoms with van der Waals surface area (Å²) >= 11 is 6.13. The van der Waals surface area contributed by atoms with Gasteiger partial charge in [0.1, 0.15) is 11.8 Å². The van der Waals surface area contributed by atoms with Crippen molar-refractivity contribution in [2.24, 2.45) is 0 Å². The molecule has 2 aromatic heterocycles. The maximum Gasteiger partial charge on any atom is 0.290 e. The Hall–Kier alpha value is -2.47. The van der Waals surface area contributed by atoms with Crippen molar-refractivity contribution in [3.05, 3.63) is 52.8 Å². The zero-order chi connectivity index (χ0) is 16.0. The summed E-state index contributed by atoms with van der Waals surface area (Å²) < 4.78 is 0. The molecule has 0 saturated carbocycles. The highest BCUT2D eigenvalue weighted by atomic mass is 35.5. The van der Waals surface area contributed by atoms with Crippen LogP contribution in [0.2, 0.25) is 5.02 Å². The van der Waals surface area contributed by atoms with E-state index in [0.29, 0.717) is 22.9 Å². The Morgan fingerprint density at radius 3 is 3.13 bits per heavy atom. The number of amides is 1. The molecule has 0 bridgehead atoms. The largest absolute Gasteiger partial charge is 0.334 e. The maximum atomic E-state index is 12.8. The van der Waals surface area contributed by atoms with Crippen molar-refractivity contribution in [2.45, 2.75) is 19.4 Å². The maximum absolute atomic E-state index is 12.8. The van der Waals surface area contributed by atoms with E-state index in [1.54, 1.807) is 23.5 Å². The van der Waals surface area contributed by atoms with Crippen molar-refractivity contribution in [3.63, 3.8) is 0 Å². The van der Waals surface area contributed by atoms with Gasteiger partial charge in [0.05, 0.1) is 22.3 Å². The third kappa shape index (κ3) is 2.26. The van der Waals surface area contributed by atoms with Crippen molar-refractivity contribution in [2.75, 3.05) is 6.54 Å². The average Bonchev–Trinajstić information content (AvgIpc) is 3.01. The molecular weight excluding hydrogens is 314 g/mol. The van der Waals surface area contributed by atoms with Gasteiger partial charge in [0.15, 0.2) is 5.82 Å². The second-order valence-corrected chi connectivity index (χ2v) is 5.98. The minimum absolute atomic E-state index is 0.0869. The number of hydrogen-bond acceptors (Lipinski definition) is 4. The van der Waals surface area contributed by atoms with Crippen molar-refractivity contribution >= 4 is 28.5 Å². The molecule has 1 amide bonds. The molecule has 1 N–H and O–H groups in total. The second-order valence-electron chi connectivity index (χ2n) is 5.57. The van der Waals surface area contributed by atoms with Gasteiger partial charge in [-0.1, -0.05) is 17.7 Å². The number of rotatable bonds is 1. The first-order valence-electron chi connectivity index (χ1n) is 7.39. The molecule has 0 spiro atoms. The zero-order valence-electron chi connectivity index (χ0n) is 12.5. The van der Waals surface area contributed by atoms with Gasteiger partial charge in [0.2, 0.25) is 0 Å². The first-order chi connectivity index (χ1) is 11.1. The predicted molar refractivity (Wildman–Crippen MR) is 86.3 cm³/mol. The molecular formula is C16H14ClN5O. The number of nitrogens with one attached hydrogen (secondary N) is 1. The number of carbonyl (C=O) groups is 1. The fourth-order valence-electron chi connectivity index (χ4n) is 3.02. The van der Waals surface area contributed by atoms with E-state index in [2.05, 4.69) is 19.9 Å². The number of fused-ring (bicyclic) bond motifs is 2. The lowest BCUT2D eigenvalue weighted by molar-refractivity contribution is 0.0664. The number of carbonyl (C=O) groups excluding carboxylic acids is 1. The molecule has 1 aliphatic rings. The molecule has 3 heterocycles. The highest BCUT2D eigenvalue weighted by molar-refractivity contribution is 6.35. The first kappa shape index (κ1) is 14.1. The van der Waals surface area contributed by atoms with Gasteiger partial charge in [0, 0.05) is 24.7 Å². The Balaban J connectivity index is 1.70. The Bertz CT molecular complexity index is 906. The quantitative estimate of drug-likeness (QED) is 0.745. The number of benzene rings is 1. The molecule has 0 unspecified atom stereocenters. The molecule has 1 aromatic carbocycles. The van der Waals surface area contributed by atoms with Crippen LogP contribution in [0.25, 0.3) is 11.0 Å². The van der Waals surface area contributed by atoms with Crippen molar-refractivity contribution < 1.29 is 4.79 Å². The van der Waals surface area contributed by atoms with Gasteiger partial charge in [-0.3, -0.25) is 4.79 Å². The van der Waals surface area contributed by atoms with Gasteiger partial charge in [-0.15, -0.1) is 0 Å². The number of imidazole rings is 1. The number of nitrogens with zero attached hydrogens (tertiary/aromatic N) is 4. The zero-order valence-corrected chi connectivity index (χ0v) is 13.2. The number of aromatic nitrogens is 4. The summed E-state index contributed by atoms with van der Waals surface area (Å²) in [7, 11) is 0. The number of H-pyrrole nitrogens is 1. The summed E-state index contributed by atoms with van der Waals surface area (Å²) in [5.74, 6) is 0.166. The van der Waals surface area contributed by atoms with Crippen LogP contribution >= 0.6 is 11.6 Å². The molecule has 3 aromatic rings. The van der Waals surface area contributed by atoms with Crippen LogP contribution in [0, 0.1) is 0 Å². The van der Waals surface area contributed by atoms with E-state index in [9.17, 15) is 4.79 Å². The van der Waals surface area contributed by atoms with Crippen LogP contribution in [0.1, 0.15) is 34.8 Å². The van der Waals surface area contributed by atoms with E-state index < -0.39 is 0 Å². The lowest BCUT2D eigenvalue weighted by atomic mass is 9.99. The standard InChI is InChI=1S/C16H14ClN5O/c1-9-10-7-18-8-19-12(10)5-6-22(9)16(23)15-20-13-4-2-3-11(17)14(13)21-15/h2-4,7-9H,5-6H2,1H3,(H,20,21)/t9-/m1/s1. The van der Waals surface area contributed by atoms with Crippen LogP contribution in [0.3, 0.4) is 0 Å². The van der Waals surface area contributed by atoms with E-state index in [0.717, 1.165) is 23.2 Å². The smallest absolute Gasteiger partial charge is 0.290 e. The Kier molecular flexibility index (Phi) is 3.27. The molecule has 0 radical (unpaired) electrons. The molecule has 1 aliphatic heterocycles. The van der Waals surface area contributed by atoms with Crippen molar-refractivity contribution in [1.82, 2.24) is 24.8 Å². The molecule has 23 heavy (non-hydrogen) atoms. The third-order valence-electron chi connectivity index (χ3n) is 4.26. The van der Waals surface area contributed by atoms with E-state index in [4.69, 9.17) is 11.6 Å². The van der Waals surface area contributed by atoms with Gasteiger partial charge < -0.3 is 9.88 Å². The van der Waals surface area contributed by atoms with Crippen LogP contribution in [-0.4, -0.2) is 37.3 Å². The molecule has 4 rings (SSSR count). The van der Waals surface area contributed by atoms with Crippen molar-refractivity contribution in [1.29, 1.82) is 0 Å². The fourth-order valence-corrected chi connectivity index (χ4v) is 3.24. The van der Waals surface area contributed by atoms with Crippen LogP contribution in [-0.2, 0) is 6.42 Å². The SMILES string of the molecule is C[C@@H]1c2cncnc2CCN1C(=O)c1nc2c(Cl)cccc2[nH]1. The number of para-hydroxylation sites is 1. The highest BCUT2D eigenvalue weighted by Gasteiger charge is 2.30. The van der Waals surface area contributed by atoms with Crippen LogP contribution in [0.4, 0.5) is 0 Å². The van der Waals surface area contributed by atoms with E-state index in [1.807, 2.05) is 19.1 Å². The highest BCUT2D eigenvalue weighted by Crippen LogP contribution is 2.29. The van der Waals surface area contributed by atoms with Gasteiger partial charge in [0.25, 0.3) is 5.91 Å². The minimum Gasteiger partial charge on any atom is -0.334 e. The molecule has 7 heteroatoms. The lowest BCUT2D eigenvalue weighted by Gasteiger charge is -2.33. The summed E-state index contributed by atoms with van der Waals surface area (Å²) in [5, 5.41) is 0.531. The monoisotopic (exact) mass is 327 g/mol. The van der Waals surface area contributed by atoms with E-state index in [1.165, 1.54) is 0 Å². The topological polar surface area (TPSA) is 74.8 Å². The average molecular weight is 328 g/mol. The number of hydrogen-bond donors (Lipinski definition) is 1. The summed E-state index contributed by atoms with van der Waals surface area (Å²) in [5.41, 5.74) is 3.37. The van der Waals surface area contributed by atoms with Crippen LogP contribution in [0.15, 0.2) is 30.7 Å². The van der Waals surface area contributed by atoms with Crippen LogP contribution < -0.4 is 0 Å². The fraction of sp³-hybridized carbons (Fsp3) is 0.250. The lowest BCUT2D eigenvalue weighted by Crippen LogP contribution is -2.39. The van der Waals surface area contributed by atoms with Gasteiger partial charge in [-0.25, -0.2) is 15.0 Å². The van der Waals surface area contributed by atoms with Gasteiger partial charge in [-0.05, 0) is 19.1 Å². The van der Waals surface area contributed by atoms with Crippen molar-refractivity contribution in [3.8, 4) is 0 Å². The minimum atomic E-state index is -0.140. The molecule has 6 nitrogen and oxygen atoms in total. The summed E-state index contributed by atoms with van der Waals surface area (Å²) in [4.78, 5) is 30.4. The second kappa shape index (κ2) is 5.31. The Morgan fingerprint density at radius 1 is 1.43 bits per heavy atom.